The molecule has 1 heterocycles. The number of nitrogens with one attached hydrogen (secondary N) is 1. The molecule has 5 heteroatoms. The molecule has 1 amide bonds. The van der Waals surface area contributed by atoms with Gasteiger partial charge in [-0.15, -0.1) is 11.8 Å². The zero-order valence-electron chi connectivity index (χ0n) is 12.0. The van der Waals surface area contributed by atoms with Crippen molar-refractivity contribution in [3.05, 3.63) is 35.4 Å². The highest BCUT2D eigenvalue weighted by atomic mass is 32.2. The SMILES string of the molecule is CCN(CC(O)c1ccc(C)cc1)C(=O)[C@H]1CSCN1. The summed E-state index contributed by atoms with van der Waals surface area (Å²) < 4.78 is 0. The van der Waals surface area contributed by atoms with E-state index in [4.69, 9.17) is 0 Å². The fourth-order valence-electron chi connectivity index (χ4n) is 2.25. The Bertz CT molecular complexity index is 444. The van der Waals surface area contributed by atoms with Gasteiger partial charge in [-0.2, -0.15) is 0 Å². The van der Waals surface area contributed by atoms with Crippen molar-refractivity contribution in [2.45, 2.75) is 26.0 Å². The van der Waals surface area contributed by atoms with Crippen molar-refractivity contribution in [3.63, 3.8) is 0 Å². The molecule has 2 atom stereocenters. The molecule has 1 aromatic rings. The molecule has 110 valence electrons. The Labute approximate surface area is 124 Å². The third kappa shape index (κ3) is 3.75. The van der Waals surface area contributed by atoms with Gasteiger partial charge in [0.1, 0.15) is 0 Å². The minimum absolute atomic E-state index is 0.0867. The number of aliphatic hydroxyl groups excluding tert-OH is 1. The number of thioether (sulfide) groups is 1. The highest BCUT2D eigenvalue weighted by Crippen LogP contribution is 2.17. The molecular weight excluding hydrogens is 272 g/mol. The molecule has 0 aliphatic carbocycles. The molecule has 1 aromatic carbocycles. The van der Waals surface area contributed by atoms with Crippen molar-refractivity contribution < 1.29 is 9.90 Å². The lowest BCUT2D eigenvalue weighted by Gasteiger charge is -2.26. The molecule has 4 nitrogen and oxygen atoms in total. The van der Waals surface area contributed by atoms with E-state index in [-0.39, 0.29) is 11.9 Å². The molecule has 2 rings (SSSR count). The van der Waals surface area contributed by atoms with E-state index in [1.807, 2.05) is 38.1 Å². The minimum atomic E-state index is -0.631. The van der Waals surface area contributed by atoms with Gasteiger partial charge in [-0.05, 0) is 19.4 Å². The monoisotopic (exact) mass is 294 g/mol. The number of likely N-dealkylation sites (N-methyl/N-ethyl adjacent to an activating group) is 1. The van der Waals surface area contributed by atoms with E-state index in [2.05, 4.69) is 5.32 Å². The molecule has 1 aliphatic heterocycles. The molecule has 0 spiro atoms. The fourth-order valence-corrected chi connectivity index (χ4v) is 3.18. The summed E-state index contributed by atoms with van der Waals surface area (Å²) in [5.74, 6) is 1.73. The van der Waals surface area contributed by atoms with Gasteiger partial charge < -0.3 is 10.0 Å². The quantitative estimate of drug-likeness (QED) is 0.865. The first-order valence-electron chi connectivity index (χ1n) is 6.96. The predicted molar refractivity (Wildman–Crippen MR) is 82.6 cm³/mol. The smallest absolute Gasteiger partial charge is 0.240 e. The van der Waals surface area contributed by atoms with Gasteiger partial charge in [0.15, 0.2) is 0 Å². The van der Waals surface area contributed by atoms with Crippen LogP contribution in [0.3, 0.4) is 0 Å². The van der Waals surface area contributed by atoms with Crippen LogP contribution in [0.1, 0.15) is 24.2 Å². The van der Waals surface area contributed by atoms with Crippen molar-refractivity contribution in [2.75, 3.05) is 24.7 Å². The molecule has 1 fully saturated rings. The van der Waals surface area contributed by atoms with Gasteiger partial charge in [0.2, 0.25) is 5.91 Å². The lowest BCUT2D eigenvalue weighted by atomic mass is 10.1. The zero-order valence-corrected chi connectivity index (χ0v) is 12.8. The Hall–Kier alpha value is -1.04. The number of carbonyl (C=O) groups is 1. The van der Waals surface area contributed by atoms with Gasteiger partial charge in [0.05, 0.1) is 18.7 Å². The Kier molecular flexibility index (Phi) is 5.46. The molecule has 0 saturated carbocycles. The molecule has 0 aromatic heterocycles. The summed E-state index contributed by atoms with van der Waals surface area (Å²) in [4.78, 5) is 14.1. The number of aryl methyl sites for hydroxylation is 1. The summed E-state index contributed by atoms with van der Waals surface area (Å²) in [6.07, 6.45) is -0.631. The van der Waals surface area contributed by atoms with E-state index in [1.54, 1.807) is 16.7 Å². The Morgan fingerprint density at radius 1 is 1.50 bits per heavy atom. The minimum Gasteiger partial charge on any atom is -0.387 e. The average Bonchev–Trinajstić information content (AvgIpc) is 2.98. The van der Waals surface area contributed by atoms with Crippen molar-refractivity contribution in [1.29, 1.82) is 0 Å². The van der Waals surface area contributed by atoms with Crippen molar-refractivity contribution >= 4 is 17.7 Å². The van der Waals surface area contributed by atoms with Gasteiger partial charge in [0.25, 0.3) is 0 Å². The maximum absolute atomic E-state index is 12.3. The maximum Gasteiger partial charge on any atom is 0.240 e. The summed E-state index contributed by atoms with van der Waals surface area (Å²) in [5.41, 5.74) is 2.02. The molecule has 2 N–H and O–H groups in total. The van der Waals surface area contributed by atoms with Gasteiger partial charge in [-0.3, -0.25) is 10.1 Å². The third-order valence-electron chi connectivity index (χ3n) is 3.56. The molecule has 20 heavy (non-hydrogen) atoms. The Morgan fingerprint density at radius 3 is 2.75 bits per heavy atom. The van der Waals surface area contributed by atoms with E-state index in [1.165, 1.54) is 0 Å². The highest BCUT2D eigenvalue weighted by Gasteiger charge is 2.27. The normalized spacial score (nSPS) is 19.9. The summed E-state index contributed by atoms with van der Waals surface area (Å²) in [6.45, 7) is 4.93. The van der Waals surface area contributed by atoms with Crippen LogP contribution < -0.4 is 5.32 Å². The average molecular weight is 294 g/mol. The van der Waals surface area contributed by atoms with E-state index in [9.17, 15) is 9.90 Å². The van der Waals surface area contributed by atoms with Crippen LogP contribution in [-0.4, -0.2) is 46.7 Å². The van der Waals surface area contributed by atoms with Gasteiger partial charge in [-0.1, -0.05) is 29.8 Å². The lowest BCUT2D eigenvalue weighted by Crippen LogP contribution is -2.46. The summed E-state index contributed by atoms with van der Waals surface area (Å²) in [5, 5.41) is 13.5. The van der Waals surface area contributed by atoms with E-state index in [0.717, 1.165) is 22.8 Å². The number of hydrogen-bond donors (Lipinski definition) is 2. The number of amides is 1. The first-order chi connectivity index (χ1) is 9.61. The van der Waals surface area contributed by atoms with Crippen LogP contribution in [0, 0.1) is 6.92 Å². The van der Waals surface area contributed by atoms with E-state index >= 15 is 0 Å². The topological polar surface area (TPSA) is 52.6 Å². The summed E-state index contributed by atoms with van der Waals surface area (Å²) in [6, 6.07) is 7.69. The molecule has 1 aliphatic rings. The van der Waals surface area contributed by atoms with Gasteiger partial charge in [0, 0.05) is 18.2 Å². The van der Waals surface area contributed by atoms with Crippen LogP contribution in [-0.2, 0) is 4.79 Å². The second kappa shape index (κ2) is 7.11. The predicted octanol–water partition coefficient (Wildman–Crippen LogP) is 1.54. The van der Waals surface area contributed by atoms with Gasteiger partial charge in [-0.25, -0.2) is 0 Å². The number of rotatable bonds is 5. The lowest BCUT2D eigenvalue weighted by molar-refractivity contribution is -0.133. The highest BCUT2D eigenvalue weighted by molar-refractivity contribution is 7.99. The van der Waals surface area contributed by atoms with Crippen molar-refractivity contribution in [1.82, 2.24) is 10.2 Å². The van der Waals surface area contributed by atoms with Crippen LogP contribution in [0.2, 0.25) is 0 Å². The van der Waals surface area contributed by atoms with Crippen molar-refractivity contribution in [3.8, 4) is 0 Å². The molecule has 1 unspecified atom stereocenters. The van der Waals surface area contributed by atoms with Crippen LogP contribution >= 0.6 is 11.8 Å². The Balaban J connectivity index is 1.98. The second-order valence-electron chi connectivity index (χ2n) is 5.08. The number of carbonyl (C=O) groups excluding carboxylic acids is 1. The molecule has 0 bridgehead atoms. The van der Waals surface area contributed by atoms with E-state index < -0.39 is 6.10 Å². The molecule has 1 saturated heterocycles. The third-order valence-corrected chi connectivity index (χ3v) is 4.50. The second-order valence-corrected chi connectivity index (χ2v) is 6.11. The summed E-state index contributed by atoms with van der Waals surface area (Å²) >= 11 is 1.73. The van der Waals surface area contributed by atoms with Gasteiger partial charge >= 0.3 is 0 Å². The van der Waals surface area contributed by atoms with Crippen LogP contribution in [0.4, 0.5) is 0 Å². The van der Waals surface area contributed by atoms with Crippen LogP contribution in [0.25, 0.3) is 0 Å². The Morgan fingerprint density at radius 2 is 2.20 bits per heavy atom. The zero-order chi connectivity index (χ0) is 14.5. The standard InChI is InChI=1S/C15H22N2O2S/c1-3-17(15(19)13-9-20-10-16-13)8-14(18)12-6-4-11(2)5-7-12/h4-7,13-14,16,18H,3,8-10H2,1-2H3/t13-,14?/m1/s1. The molecular formula is C15H22N2O2S. The van der Waals surface area contributed by atoms with Crippen LogP contribution in [0.5, 0.6) is 0 Å². The number of aliphatic hydroxyl groups is 1. The fraction of sp³-hybridized carbons (Fsp3) is 0.533. The van der Waals surface area contributed by atoms with E-state index in [0.29, 0.717) is 13.1 Å². The number of nitrogens with zero attached hydrogens (tertiary/aromatic N) is 1. The molecule has 0 radical (unpaired) electrons. The largest absolute Gasteiger partial charge is 0.387 e. The number of benzene rings is 1. The first kappa shape index (κ1) is 15.4. The first-order valence-corrected chi connectivity index (χ1v) is 8.11. The van der Waals surface area contributed by atoms with Crippen LogP contribution in [0.15, 0.2) is 24.3 Å². The maximum atomic E-state index is 12.3. The summed E-state index contributed by atoms with van der Waals surface area (Å²) in [7, 11) is 0. The van der Waals surface area contributed by atoms with Crippen molar-refractivity contribution in [2.24, 2.45) is 0 Å². The number of hydrogen-bond acceptors (Lipinski definition) is 4.